The normalized spacial score (nSPS) is 48.2. The molecule has 33 nitrogen and oxygen atoms in total. The van der Waals surface area contributed by atoms with E-state index in [2.05, 4.69) is 16.0 Å². The van der Waals surface area contributed by atoms with E-state index >= 15 is 0 Å². The van der Waals surface area contributed by atoms with Gasteiger partial charge in [-0.2, -0.15) is 0 Å². The molecule has 0 saturated carbocycles. The van der Waals surface area contributed by atoms with Gasteiger partial charge >= 0.3 is 0 Å². The number of hydrogen-bond acceptors (Lipinski definition) is 30. The number of rotatable bonds is 19. The number of aliphatic hydroxyl groups is 16. The summed E-state index contributed by atoms with van der Waals surface area (Å²) in [5.41, 5.74) is 0. The van der Waals surface area contributed by atoms with E-state index in [9.17, 15) is 96.1 Å². The second kappa shape index (κ2) is 27.2. The third kappa shape index (κ3) is 13.6. The molecule has 0 radical (unpaired) electrons. The van der Waals surface area contributed by atoms with Gasteiger partial charge in [-0.25, -0.2) is 0 Å². The molecule has 6 heterocycles. The summed E-state index contributed by atoms with van der Waals surface area (Å²) in [5, 5.41) is 180. The van der Waals surface area contributed by atoms with Crippen LogP contribution < -0.4 is 16.0 Å². The van der Waals surface area contributed by atoms with Crippen molar-refractivity contribution in [3.8, 4) is 0 Å². The molecule has 0 bridgehead atoms. The summed E-state index contributed by atoms with van der Waals surface area (Å²) in [7, 11) is 0. The minimum atomic E-state index is -2.21. The van der Waals surface area contributed by atoms with Crippen LogP contribution in [0.15, 0.2) is 0 Å². The van der Waals surface area contributed by atoms with Crippen molar-refractivity contribution in [1.82, 2.24) is 16.0 Å². The fourth-order valence-corrected chi connectivity index (χ4v) is 9.97. The summed E-state index contributed by atoms with van der Waals surface area (Å²) in [5.74, 6) is -2.24. The number of carbonyl (C=O) groups is 3. The largest absolute Gasteiger partial charge is 0.394 e. The molecule has 0 aromatic heterocycles. The first-order chi connectivity index (χ1) is 35.9. The van der Waals surface area contributed by atoms with Crippen LogP contribution in [0.5, 0.6) is 0 Å². The van der Waals surface area contributed by atoms with E-state index < -0.39 is 241 Å². The molecule has 6 aliphatic rings. The topological polar surface area (TPSA) is 513 Å². The molecule has 33 heteroatoms. The van der Waals surface area contributed by atoms with Gasteiger partial charge in [0, 0.05) is 20.8 Å². The molecule has 12 unspecified atom stereocenters. The standard InChI is InChI=1S/C43H73N3O30/c1-11-21(44-12(2)53)36(25(57)16(6-48)66-11)74-43-33(65)38(27(59)18(8-50)69-43)76-40-23(46-14(4)55)29(61)35(20(10-52)71-40)73-42-32(64)37(26(58)17(7-49)68-42)75-39-22(45-13(3)54)28(60)34(19(9-51)70-39)72-41-31(63)30(62)24(56)15(5-47)67-41/h11,15-43,47-52,56-65H,5-10H2,1-4H3,(H,44,53)(H,45,54)(H,46,55)/t11-,15?,16?,17?,18?,19?,20?,21?,22?,23?,24-,25-,26-,27-,28+,29+,30-,31?,32?,33?,34+,35+,36+,37-,38-,39-,40-,41-,42-,43-/m0/s1. The van der Waals surface area contributed by atoms with Crippen molar-refractivity contribution < 1.29 is 148 Å². The monoisotopic (exact) mass is 1110 g/mol. The molecule has 6 saturated heterocycles. The minimum Gasteiger partial charge on any atom is -0.394 e. The van der Waals surface area contributed by atoms with Crippen molar-refractivity contribution in [2.45, 2.75) is 212 Å². The minimum absolute atomic E-state index is 0.579. The van der Waals surface area contributed by atoms with E-state index in [1.807, 2.05) is 0 Å². The zero-order chi connectivity index (χ0) is 56.2. The van der Waals surface area contributed by atoms with Crippen LogP contribution in [0.1, 0.15) is 27.7 Å². The summed E-state index contributed by atoms with van der Waals surface area (Å²) >= 11 is 0. The number of amides is 3. The maximum absolute atomic E-state index is 12.7. The zero-order valence-electron chi connectivity index (χ0n) is 41.4. The molecule has 19 N–H and O–H groups in total. The lowest BCUT2D eigenvalue weighted by Gasteiger charge is -2.51. The number of ether oxygens (including phenoxy) is 11. The van der Waals surface area contributed by atoms with E-state index in [0.29, 0.717) is 0 Å². The quantitative estimate of drug-likeness (QED) is 0.0571. The smallest absolute Gasteiger partial charge is 0.217 e. The number of nitrogens with one attached hydrogen (secondary N) is 3. The van der Waals surface area contributed by atoms with Gasteiger partial charge in [-0.05, 0) is 6.92 Å². The first kappa shape index (κ1) is 62.5. The summed E-state index contributed by atoms with van der Waals surface area (Å²) in [6.07, 6.45) is -48.7. The summed E-state index contributed by atoms with van der Waals surface area (Å²) in [4.78, 5) is 37.3. The molecule has 3 amide bonds. The average Bonchev–Trinajstić information content (AvgIpc) is 3.38. The predicted octanol–water partition coefficient (Wildman–Crippen LogP) is -12.6. The van der Waals surface area contributed by atoms with Gasteiger partial charge in [0.1, 0.15) is 140 Å². The first-order valence-corrected chi connectivity index (χ1v) is 24.4. The summed E-state index contributed by atoms with van der Waals surface area (Å²) in [6.45, 7) is -0.843. The molecule has 0 spiro atoms. The number of aliphatic hydroxyl groups excluding tert-OH is 16. The maximum atomic E-state index is 12.7. The van der Waals surface area contributed by atoms with Crippen molar-refractivity contribution in [2.24, 2.45) is 0 Å². The zero-order valence-corrected chi connectivity index (χ0v) is 41.4. The van der Waals surface area contributed by atoms with Crippen molar-refractivity contribution in [3.05, 3.63) is 0 Å². The molecule has 30 atom stereocenters. The Labute approximate surface area is 432 Å². The first-order valence-electron chi connectivity index (χ1n) is 24.4. The Morgan fingerprint density at radius 2 is 0.618 bits per heavy atom. The fraction of sp³-hybridized carbons (Fsp3) is 0.930. The van der Waals surface area contributed by atoms with Gasteiger partial charge in [-0.15, -0.1) is 0 Å². The van der Waals surface area contributed by atoms with Crippen LogP contribution >= 0.6 is 0 Å². The van der Waals surface area contributed by atoms with Crippen molar-refractivity contribution in [2.75, 3.05) is 39.6 Å². The summed E-state index contributed by atoms with van der Waals surface area (Å²) in [6, 6.07) is -4.62. The molecule has 0 aromatic rings. The highest BCUT2D eigenvalue weighted by Crippen LogP contribution is 2.37. The molecule has 0 aromatic carbocycles. The molecule has 6 fully saturated rings. The van der Waals surface area contributed by atoms with Gasteiger partial charge in [-0.1, -0.05) is 0 Å². The van der Waals surface area contributed by atoms with Gasteiger partial charge in [0.2, 0.25) is 17.7 Å². The van der Waals surface area contributed by atoms with Crippen molar-refractivity contribution in [3.63, 3.8) is 0 Å². The lowest BCUT2D eigenvalue weighted by atomic mass is 9.92. The SMILES string of the molecule is CC(=O)NC1[C@H](O[C@@H]2C(O)[C@H](O[C@@H]3C(CO)O[C@@H](O[C@@H]4C(O)[C@H](O[C@@H]5C(NC(C)=O)[C@H](C)OC(CO)[C@@H]5O)OC(CO)[C@@H]4O)C(NC(C)=O)[C@H]3O)OC(CO)[C@@H]2O)OC(CO)[C@@H](O[C@@H]2OC(CO)[C@H](O)[C@H](O)C2O)[C@@H]1O. The third-order valence-corrected chi connectivity index (χ3v) is 13.9. The molecule has 6 aliphatic heterocycles. The van der Waals surface area contributed by atoms with Crippen LogP contribution in [0.25, 0.3) is 0 Å². The highest BCUT2D eigenvalue weighted by atomic mass is 16.8. The predicted molar refractivity (Wildman–Crippen MR) is 237 cm³/mol. The lowest BCUT2D eigenvalue weighted by molar-refractivity contribution is -0.384. The van der Waals surface area contributed by atoms with Gasteiger partial charge < -0.3 is 150 Å². The van der Waals surface area contributed by atoms with E-state index in [1.54, 1.807) is 0 Å². The Balaban J connectivity index is 1.21. The van der Waals surface area contributed by atoms with E-state index in [4.69, 9.17) is 52.1 Å². The van der Waals surface area contributed by atoms with Crippen LogP contribution in [0, 0.1) is 0 Å². The second-order valence-corrected chi connectivity index (χ2v) is 19.3. The van der Waals surface area contributed by atoms with Gasteiger partial charge in [-0.3, -0.25) is 14.4 Å². The Morgan fingerprint density at radius 3 is 0.987 bits per heavy atom. The number of carbonyl (C=O) groups excluding carboxylic acids is 3. The van der Waals surface area contributed by atoms with Crippen LogP contribution in [-0.4, -0.2) is 323 Å². The molecular weight excluding hydrogens is 1040 g/mol. The van der Waals surface area contributed by atoms with Crippen LogP contribution in [0.3, 0.4) is 0 Å². The third-order valence-electron chi connectivity index (χ3n) is 13.9. The van der Waals surface area contributed by atoms with Crippen LogP contribution in [0.4, 0.5) is 0 Å². The lowest BCUT2D eigenvalue weighted by Crippen LogP contribution is -2.71. The Hall–Kier alpha value is -2.67. The van der Waals surface area contributed by atoms with Crippen molar-refractivity contribution in [1.29, 1.82) is 0 Å². The molecule has 6 rings (SSSR count). The highest BCUT2D eigenvalue weighted by Gasteiger charge is 2.58. The van der Waals surface area contributed by atoms with Gasteiger partial charge in [0.05, 0.1) is 51.8 Å². The highest BCUT2D eigenvalue weighted by molar-refractivity contribution is 5.74. The van der Waals surface area contributed by atoms with Gasteiger partial charge in [0.25, 0.3) is 0 Å². The molecule has 76 heavy (non-hydrogen) atoms. The fourth-order valence-electron chi connectivity index (χ4n) is 9.97. The Morgan fingerprint density at radius 1 is 0.329 bits per heavy atom. The van der Waals surface area contributed by atoms with Crippen LogP contribution in [-0.2, 0) is 66.5 Å². The van der Waals surface area contributed by atoms with Crippen molar-refractivity contribution >= 4 is 17.7 Å². The Bertz CT molecular complexity index is 1870. The number of hydrogen-bond donors (Lipinski definition) is 19. The van der Waals surface area contributed by atoms with Crippen LogP contribution in [0.2, 0.25) is 0 Å². The van der Waals surface area contributed by atoms with Gasteiger partial charge in [0.15, 0.2) is 31.5 Å². The molecule has 0 aliphatic carbocycles. The molecular formula is C43H73N3O30. The Kier molecular flexibility index (Phi) is 22.4. The van der Waals surface area contributed by atoms with E-state index in [-0.39, 0.29) is 0 Å². The molecule has 440 valence electrons. The maximum Gasteiger partial charge on any atom is 0.217 e. The summed E-state index contributed by atoms with van der Waals surface area (Å²) < 4.78 is 63.8. The second-order valence-electron chi connectivity index (χ2n) is 19.3. The van der Waals surface area contributed by atoms with E-state index in [1.165, 1.54) is 13.8 Å². The average molecular weight is 1110 g/mol. The van der Waals surface area contributed by atoms with E-state index in [0.717, 1.165) is 13.8 Å².